The number of carbonyl (C=O) groups is 1. The third kappa shape index (κ3) is 2.94. The number of rotatable bonds is 4. The van der Waals surface area contributed by atoms with Gasteiger partial charge in [-0.25, -0.2) is 0 Å². The smallest absolute Gasteiger partial charge is 0.224 e. The summed E-state index contributed by atoms with van der Waals surface area (Å²) in [4.78, 5) is 14.0. The Kier molecular flexibility index (Phi) is 4.14. The molecular weight excluding hydrogens is 188 g/mol. The summed E-state index contributed by atoms with van der Waals surface area (Å²) in [6.45, 7) is 8.76. The van der Waals surface area contributed by atoms with Crippen LogP contribution in [-0.4, -0.2) is 36.5 Å². The molecule has 0 aromatic heterocycles. The fourth-order valence-electron chi connectivity index (χ4n) is 2.50. The van der Waals surface area contributed by atoms with Gasteiger partial charge in [0.15, 0.2) is 0 Å². The van der Waals surface area contributed by atoms with E-state index < -0.39 is 0 Å². The first-order valence-corrected chi connectivity index (χ1v) is 5.98. The Labute approximate surface area is 93.2 Å². The fourth-order valence-corrected chi connectivity index (χ4v) is 2.50. The van der Waals surface area contributed by atoms with Crippen LogP contribution in [0.25, 0.3) is 0 Å². The van der Waals surface area contributed by atoms with Crippen molar-refractivity contribution in [3.8, 4) is 0 Å². The highest BCUT2D eigenvalue weighted by atomic mass is 16.1. The maximum absolute atomic E-state index is 11.5. The molecule has 1 saturated heterocycles. The molecule has 0 aromatic carbocycles. The first kappa shape index (κ1) is 12.5. The molecule has 3 heteroatoms. The molecule has 1 amide bonds. The van der Waals surface area contributed by atoms with E-state index in [-0.39, 0.29) is 17.4 Å². The molecule has 88 valence electrons. The Bertz CT molecular complexity index is 226. The van der Waals surface area contributed by atoms with Gasteiger partial charge >= 0.3 is 0 Å². The zero-order chi connectivity index (χ0) is 11.5. The predicted octanol–water partition coefficient (Wildman–Crippen LogP) is 1.63. The minimum absolute atomic E-state index is 0.199. The van der Waals surface area contributed by atoms with E-state index in [1.165, 1.54) is 12.8 Å². The molecule has 1 rings (SSSR count). The monoisotopic (exact) mass is 212 g/mol. The highest BCUT2D eigenvalue weighted by Crippen LogP contribution is 2.28. The van der Waals surface area contributed by atoms with Crippen LogP contribution in [-0.2, 0) is 4.79 Å². The molecule has 1 fully saturated rings. The molecular formula is C12H24N2O. The Morgan fingerprint density at radius 1 is 1.53 bits per heavy atom. The lowest BCUT2D eigenvalue weighted by Gasteiger charge is -2.35. The van der Waals surface area contributed by atoms with E-state index in [2.05, 4.69) is 31.0 Å². The van der Waals surface area contributed by atoms with Crippen molar-refractivity contribution in [3.63, 3.8) is 0 Å². The van der Waals surface area contributed by atoms with Gasteiger partial charge in [-0.1, -0.05) is 13.3 Å². The van der Waals surface area contributed by atoms with Gasteiger partial charge < -0.3 is 5.32 Å². The zero-order valence-electron chi connectivity index (χ0n) is 10.5. The van der Waals surface area contributed by atoms with Crippen molar-refractivity contribution in [1.29, 1.82) is 0 Å². The second kappa shape index (κ2) is 4.97. The maximum Gasteiger partial charge on any atom is 0.224 e. The van der Waals surface area contributed by atoms with Gasteiger partial charge in [-0.15, -0.1) is 0 Å². The highest BCUT2D eigenvalue weighted by Gasteiger charge is 2.35. The van der Waals surface area contributed by atoms with Gasteiger partial charge in [0.2, 0.25) is 5.91 Å². The van der Waals surface area contributed by atoms with Crippen molar-refractivity contribution in [2.24, 2.45) is 5.92 Å². The lowest BCUT2D eigenvalue weighted by Crippen LogP contribution is -2.43. The Morgan fingerprint density at radius 2 is 2.20 bits per heavy atom. The number of carbonyl (C=O) groups excluding carboxylic acids is 1. The van der Waals surface area contributed by atoms with Crippen LogP contribution >= 0.6 is 0 Å². The molecule has 15 heavy (non-hydrogen) atoms. The van der Waals surface area contributed by atoms with Crippen molar-refractivity contribution in [2.45, 2.75) is 45.6 Å². The van der Waals surface area contributed by atoms with Crippen molar-refractivity contribution in [1.82, 2.24) is 10.2 Å². The van der Waals surface area contributed by atoms with Gasteiger partial charge in [0.1, 0.15) is 0 Å². The Balaban J connectivity index is 2.52. The quantitative estimate of drug-likeness (QED) is 0.768. The number of likely N-dealkylation sites (tertiary alicyclic amines) is 1. The molecule has 1 heterocycles. The fraction of sp³-hybridized carbons (Fsp3) is 0.917. The van der Waals surface area contributed by atoms with E-state index in [9.17, 15) is 4.79 Å². The molecule has 1 N–H and O–H groups in total. The molecule has 0 bridgehead atoms. The van der Waals surface area contributed by atoms with Crippen molar-refractivity contribution in [2.75, 3.05) is 20.1 Å². The van der Waals surface area contributed by atoms with E-state index >= 15 is 0 Å². The van der Waals surface area contributed by atoms with Gasteiger partial charge in [-0.2, -0.15) is 0 Å². The summed E-state index contributed by atoms with van der Waals surface area (Å²) in [5.41, 5.74) is 0.248. The van der Waals surface area contributed by atoms with Crippen LogP contribution in [0.5, 0.6) is 0 Å². The second-order valence-electron chi connectivity index (χ2n) is 5.11. The SMILES string of the molecule is CCCC(C)(C)N1CCC(C(=O)NC)C1. The number of amides is 1. The van der Waals surface area contributed by atoms with Crippen LogP contribution in [0.1, 0.15) is 40.0 Å². The standard InChI is InChI=1S/C12H24N2O/c1-5-7-12(2,3)14-8-6-10(9-14)11(15)13-4/h10H,5-9H2,1-4H3,(H,13,15). The Morgan fingerprint density at radius 3 is 2.73 bits per heavy atom. The second-order valence-corrected chi connectivity index (χ2v) is 5.11. The third-order valence-electron chi connectivity index (χ3n) is 3.52. The molecule has 0 aliphatic carbocycles. The molecule has 1 aliphatic rings. The molecule has 1 aliphatic heterocycles. The van der Waals surface area contributed by atoms with Crippen LogP contribution in [0.3, 0.4) is 0 Å². The third-order valence-corrected chi connectivity index (χ3v) is 3.52. The van der Waals surface area contributed by atoms with E-state index in [1.54, 1.807) is 7.05 Å². The van der Waals surface area contributed by atoms with Gasteiger partial charge in [0, 0.05) is 19.1 Å². The lowest BCUT2D eigenvalue weighted by molar-refractivity contribution is -0.124. The number of hydrogen-bond donors (Lipinski definition) is 1. The summed E-state index contributed by atoms with van der Waals surface area (Å²) in [7, 11) is 1.72. The average Bonchev–Trinajstić information content (AvgIpc) is 2.66. The number of nitrogens with one attached hydrogen (secondary N) is 1. The van der Waals surface area contributed by atoms with E-state index in [1.807, 2.05) is 0 Å². The molecule has 0 radical (unpaired) electrons. The number of hydrogen-bond acceptors (Lipinski definition) is 2. The van der Waals surface area contributed by atoms with Gasteiger partial charge in [-0.3, -0.25) is 9.69 Å². The van der Waals surface area contributed by atoms with Crippen molar-refractivity contribution in [3.05, 3.63) is 0 Å². The summed E-state index contributed by atoms with van der Waals surface area (Å²) >= 11 is 0. The maximum atomic E-state index is 11.5. The summed E-state index contributed by atoms with van der Waals surface area (Å²) < 4.78 is 0. The minimum atomic E-state index is 0.199. The summed E-state index contributed by atoms with van der Waals surface area (Å²) in [6, 6.07) is 0. The lowest BCUT2D eigenvalue weighted by atomic mass is 9.97. The van der Waals surface area contributed by atoms with Crippen LogP contribution in [0, 0.1) is 5.92 Å². The largest absolute Gasteiger partial charge is 0.359 e. The average molecular weight is 212 g/mol. The van der Waals surface area contributed by atoms with E-state index in [0.717, 1.165) is 19.5 Å². The molecule has 0 spiro atoms. The van der Waals surface area contributed by atoms with Crippen LogP contribution in [0.15, 0.2) is 0 Å². The zero-order valence-corrected chi connectivity index (χ0v) is 10.5. The first-order chi connectivity index (χ1) is 7.01. The Hall–Kier alpha value is -0.570. The summed E-state index contributed by atoms with van der Waals surface area (Å²) in [5.74, 6) is 0.399. The van der Waals surface area contributed by atoms with Gasteiger partial charge in [0.25, 0.3) is 0 Å². The molecule has 1 unspecified atom stereocenters. The van der Waals surface area contributed by atoms with Crippen molar-refractivity contribution < 1.29 is 4.79 Å². The van der Waals surface area contributed by atoms with Gasteiger partial charge in [0.05, 0.1) is 5.92 Å². The molecule has 1 atom stereocenters. The minimum Gasteiger partial charge on any atom is -0.359 e. The van der Waals surface area contributed by atoms with Crippen LogP contribution < -0.4 is 5.32 Å². The highest BCUT2D eigenvalue weighted by molar-refractivity contribution is 5.78. The summed E-state index contributed by atoms with van der Waals surface area (Å²) in [6.07, 6.45) is 3.41. The van der Waals surface area contributed by atoms with Gasteiger partial charge in [-0.05, 0) is 33.2 Å². The topological polar surface area (TPSA) is 32.3 Å². The molecule has 0 saturated carbocycles. The molecule has 0 aromatic rings. The van der Waals surface area contributed by atoms with Crippen LogP contribution in [0.4, 0.5) is 0 Å². The molecule has 3 nitrogen and oxygen atoms in total. The van der Waals surface area contributed by atoms with Crippen LogP contribution in [0.2, 0.25) is 0 Å². The predicted molar refractivity (Wildman–Crippen MR) is 62.7 cm³/mol. The normalized spacial score (nSPS) is 23.1. The number of nitrogens with zero attached hydrogens (tertiary/aromatic N) is 1. The van der Waals surface area contributed by atoms with E-state index in [0.29, 0.717) is 0 Å². The van der Waals surface area contributed by atoms with Crippen molar-refractivity contribution >= 4 is 5.91 Å². The summed E-state index contributed by atoms with van der Waals surface area (Å²) in [5, 5.41) is 2.75. The first-order valence-electron chi connectivity index (χ1n) is 5.98. The van der Waals surface area contributed by atoms with E-state index in [4.69, 9.17) is 0 Å².